The molecule has 0 saturated carbocycles. The van der Waals surface area contributed by atoms with Gasteiger partial charge in [0.1, 0.15) is 40.9 Å². The number of thiophene rings is 1. The van der Waals surface area contributed by atoms with Crippen LogP contribution in [-0.2, 0) is 4.79 Å². The lowest BCUT2D eigenvalue weighted by atomic mass is 9.95. The number of piperazine rings is 1. The fourth-order valence-electron chi connectivity index (χ4n) is 7.51. The minimum absolute atomic E-state index is 0.0125. The summed E-state index contributed by atoms with van der Waals surface area (Å²) in [7, 11) is 0. The van der Waals surface area contributed by atoms with Gasteiger partial charge < -0.3 is 19.4 Å². The van der Waals surface area contributed by atoms with Crippen molar-refractivity contribution in [1.82, 2.24) is 29.7 Å². The van der Waals surface area contributed by atoms with Gasteiger partial charge in [-0.25, -0.2) is 24.7 Å². The number of ether oxygens (including phenoxy) is 1. The van der Waals surface area contributed by atoms with Gasteiger partial charge in [0.05, 0.1) is 10.9 Å². The molecule has 0 unspecified atom stereocenters. The van der Waals surface area contributed by atoms with Gasteiger partial charge >= 0.3 is 6.01 Å². The second-order valence-electron chi connectivity index (χ2n) is 12.8. The Kier molecular flexibility index (Phi) is 8.62. The smallest absolute Gasteiger partial charge is 0.319 e. The lowest BCUT2D eigenvalue weighted by Gasteiger charge is -2.39. The van der Waals surface area contributed by atoms with E-state index in [9.17, 15) is 9.18 Å². The zero-order valence-electron chi connectivity index (χ0n) is 26.8. The number of nitrogens with zero attached hydrogens (tertiary/aromatic N) is 8. The largest absolute Gasteiger partial charge is 0.461 e. The molecule has 15 heteroatoms. The maximum absolute atomic E-state index is 16.7. The number of amides is 1. The van der Waals surface area contributed by atoms with Gasteiger partial charge in [0.15, 0.2) is 11.6 Å². The van der Waals surface area contributed by atoms with Gasteiger partial charge in [-0.3, -0.25) is 14.7 Å². The van der Waals surface area contributed by atoms with Crippen LogP contribution in [0.15, 0.2) is 53.2 Å². The molecule has 3 atom stereocenters. The molecule has 3 aliphatic rings. The first-order chi connectivity index (χ1) is 24.3. The SMILES string of the molecule is [C-]#[N+]C[C@H]1CN(c2nc(OC[C@@]34CCCN3C[C@H](F)C4)nc3c(F)c(-c4csc5ccccc45)ncc23)CCN1C(=O)/C(F)=C/c1nccs1. The zero-order chi connectivity index (χ0) is 34.4. The van der Waals surface area contributed by atoms with E-state index in [1.54, 1.807) is 11.6 Å². The number of anilines is 1. The molecule has 0 N–H and O–H groups in total. The summed E-state index contributed by atoms with van der Waals surface area (Å²) in [6.07, 6.45) is 5.28. The molecule has 3 aliphatic heterocycles. The van der Waals surface area contributed by atoms with Gasteiger partial charge in [-0.1, -0.05) is 18.2 Å². The highest BCUT2D eigenvalue weighted by atomic mass is 32.1. The Bertz CT molecular complexity index is 2150. The van der Waals surface area contributed by atoms with E-state index in [1.165, 1.54) is 33.8 Å². The maximum Gasteiger partial charge on any atom is 0.319 e. The van der Waals surface area contributed by atoms with E-state index in [2.05, 4.69) is 24.7 Å². The Morgan fingerprint density at radius 1 is 1.14 bits per heavy atom. The molecule has 5 aromatic rings. The number of halogens is 3. The number of aromatic nitrogens is 4. The van der Waals surface area contributed by atoms with Crippen LogP contribution in [-0.4, -0.2) is 99.3 Å². The maximum atomic E-state index is 16.7. The van der Waals surface area contributed by atoms with E-state index in [-0.39, 0.29) is 50.0 Å². The molecule has 256 valence electrons. The van der Waals surface area contributed by atoms with Gasteiger partial charge in [-0.05, 0) is 25.5 Å². The number of carbonyl (C=O) groups excluding carboxylic acids is 1. The third kappa shape index (κ3) is 5.84. The van der Waals surface area contributed by atoms with Gasteiger partial charge in [0.2, 0.25) is 6.54 Å². The predicted octanol–water partition coefficient (Wildman–Crippen LogP) is 6.40. The highest BCUT2D eigenvalue weighted by Crippen LogP contribution is 2.41. The molecule has 4 aromatic heterocycles. The summed E-state index contributed by atoms with van der Waals surface area (Å²) in [5, 5.41) is 5.12. The van der Waals surface area contributed by atoms with Crippen LogP contribution < -0.4 is 9.64 Å². The molecule has 7 heterocycles. The van der Waals surface area contributed by atoms with E-state index in [0.29, 0.717) is 34.7 Å². The molecule has 0 aliphatic carbocycles. The third-order valence-corrected chi connectivity index (χ3v) is 11.5. The van der Waals surface area contributed by atoms with Crippen molar-refractivity contribution in [3.8, 4) is 17.3 Å². The van der Waals surface area contributed by atoms with Crippen molar-refractivity contribution in [3.05, 3.63) is 75.5 Å². The summed E-state index contributed by atoms with van der Waals surface area (Å²) >= 11 is 2.70. The quantitative estimate of drug-likeness (QED) is 0.135. The molecule has 0 bridgehead atoms. The first-order valence-corrected chi connectivity index (χ1v) is 18.1. The normalized spacial score (nSPS) is 22.7. The summed E-state index contributed by atoms with van der Waals surface area (Å²) in [5.74, 6) is -2.09. The summed E-state index contributed by atoms with van der Waals surface area (Å²) in [5.41, 5.74) is 0.327. The third-order valence-electron chi connectivity index (χ3n) is 9.86. The van der Waals surface area contributed by atoms with Crippen molar-refractivity contribution >= 4 is 61.5 Å². The average Bonchev–Trinajstić information content (AvgIpc) is 3.92. The van der Waals surface area contributed by atoms with Crippen LogP contribution in [0.25, 0.3) is 43.2 Å². The number of pyridine rings is 1. The highest BCUT2D eigenvalue weighted by Gasteiger charge is 2.49. The van der Waals surface area contributed by atoms with Crippen LogP contribution in [0.3, 0.4) is 0 Å². The lowest BCUT2D eigenvalue weighted by Crippen LogP contribution is -2.56. The monoisotopic (exact) mass is 716 g/mol. The Hall–Kier alpha value is -4.65. The van der Waals surface area contributed by atoms with Gasteiger partial charge in [0.25, 0.3) is 5.91 Å². The van der Waals surface area contributed by atoms with Crippen molar-refractivity contribution in [1.29, 1.82) is 0 Å². The molecule has 1 aromatic carbocycles. The minimum atomic E-state index is -0.964. The standard InChI is InChI=1S/C35H31F3N8O2S2/c1-39-15-22-18-44(10-11-46(22)33(47)26(37)13-28-40-8-12-49-28)32-24-16-41-30(25-19-50-27-6-3-2-5-23(25)27)29(38)31(24)42-34(43-32)48-20-35-7-4-9-45(35)17-21(36)14-35/h2-3,5-6,8,12-13,16,19,21-22H,4,7,9-11,14-15,17-18,20H2/b26-13-/t21-,22+,35+/m1/s1. The summed E-state index contributed by atoms with van der Waals surface area (Å²) < 4.78 is 53.5. The van der Waals surface area contributed by atoms with Crippen LogP contribution in [0, 0.1) is 12.4 Å². The van der Waals surface area contributed by atoms with Gasteiger partial charge in [-0.15, -0.1) is 22.7 Å². The minimum Gasteiger partial charge on any atom is -0.461 e. The Morgan fingerprint density at radius 2 is 2.02 bits per heavy atom. The van der Waals surface area contributed by atoms with Crippen molar-refractivity contribution < 1.29 is 22.7 Å². The lowest BCUT2D eigenvalue weighted by molar-refractivity contribution is -0.130. The number of fused-ring (bicyclic) bond motifs is 3. The van der Waals surface area contributed by atoms with Crippen molar-refractivity contribution in [2.45, 2.75) is 37.0 Å². The average molecular weight is 717 g/mol. The van der Waals surface area contributed by atoms with Crippen molar-refractivity contribution in [2.75, 3.05) is 50.8 Å². The first kappa shape index (κ1) is 32.5. The van der Waals surface area contributed by atoms with Gasteiger partial charge in [0, 0.05) is 77.5 Å². The van der Waals surface area contributed by atoms with E-state index in [4.69, 9.17) is 16.3 Å². The molecule has 3 fully saturated rings. The van der Waals surface area contributed by atoms with Crippen LogP contribution in [0.2, 0.25) is 0 Å². The fraction of sp³-hybridized carbons (Fsp3) is 0.371. The molecule has 0 spiro atoms. The van der Waals surface area contributed by atoms with Crippen molar-refractivity contribution in [3.63, 3.8) is 0 Å². The molecule has 1 amide bonds. The molecule has 3 saturated heterocycles. The fourth-order valence-corrected chi connectivity index (χ4v) is 9.01. The Labute approximate surface area is 293 Å². The molecule has 50 heavy (non-hydrogen) atoms. The summed E-state index contributed by atoms with van der Waals surface area (Å²) in [4.78, 5) is 40.0. The van der Waals surface area contributed by atoms with E-state index in [0.717, 1.165) is 35.5 Å². The predicted molar refractivity (Wildman–Crippen MR) is 187 cm³/mol. The summed E-state index contributed by atoms with van der Waals surface area (Å²) in [6, 6.07) is 6.97. The number of thiazole rings is 1. The van der Waals surface area contributed by atoms with Crippen molar-refractivity contribution in [2.24, 2.45) is 0 Å². The second-order valence-corrected chi connectivity index (χ2v) is 14.7. The molecular weight excluding hydrogens is 686 g/mol. The van der Waals surface area contributed by atoms with Crippen LogP contribution >= 0.6 is 22.7 Å². The Morgan fingerprint density at radius 3 is 2.86 bits per heavy atom. The van der Waals surface area contributed by atoms with Gasteiger partial charge in [-0.2, -0.15) is 9.97 Å². The molecule has 10 nitrogen and oxygen atoms in total. The first-order valence-electron chi connectivity index (χ1n) is 16.3. The van der Waals surface area contributed by atoms with Crippen LogP contribution in [0.4, 0.5) is 19.0 Å². The molecular formula is C35H31F3N8O2S2. The highest BCUT2D eigenvalue weighted by molar-refractivity contribution is 7.17. The van der Waals surface area contributed by atoms with E-state index >= 15 is 8.78 Å². The number of benzene rings is 1. The number of alkyl halides is 1. The number of hydrogen-bond donors (Lipinski definition) is 0. The van der Waals surface area contributed by atoms with E-state index < -0.39 is 35.3 Å². The van der Waals surface area contributed by atoms with E-state index in [1.807, 2.05) is 34.5 Å². The van der Waals surface area contributed by atoms with Crippen LogP contribution in [0.5, 0.6) is 6.01 Å². The van der Waals surface area contributed by atoms with Crippen LogP contribution in [0.1, 0.15) is 24.3 Å². The molecule has 8 rings (SSSR count). The zero-order valence-corrected chi connectivity index (χ0v) is 28.4. The second kappa shape index (κ2) is 13.2. The Balaban J connectivity index is 1.16. The number of carbonyl (C=O) groups is 1. The number of rotatable bonds is 8. The topological polar surface area (TPSA) is 91.9 Å². The molecule has 0 radical (unpaired) electrons. The summed E-state index contributed by atoms with van der Waals surface area (Å²) in [6.45, 7) is 9.23. The number of hydrogen-bond acceptors (Lipinski definition) is 10.